The van der Waals surface area contributed by atoms with E-state index >= 15 is 0 Å². The normalized spacial score (nSPS) is 14.4. The average Bonchev–Trinajstić information content (AvgIpc) is 2.78. The van der Waals surface area contributed by atoms with Crippen LogP contribution in [0, 0.1) is 23.2 Å². The predicted octanol–water partition coefficient (Wildman–Crippen LogP) is 3.55. The van der Waals surface area contributed by atoms with Crippen LogP contribution in [0.15, 0.2) is 36.5 Å². The topological polar surface area (TPSA) is 128 Å². The fourth-order valence-corrected chi connectivity index (χ4v) is 3.63. The molecule has 1 saturated carbocycles. The molecule has 158 valence electrons. The minimum absolute atomic E-state index is 0.0107. The van der Waals surface area contributed by atoms with E-state index in [0.717, 1.165) is 37.7 Å². The molecule has 8 heteroatoms. The van der Waals surface area contributed by atoms with Gasteiger partial charge in [-0.1, -0.05) is 31.1 Å². The Morgan fingerprint density at radius 3 is 2.55 bits per heavy atom. The highest BCUT2D eigenvalue weighted by molar-refractivity contribution is 5.89. The van der Waals surface area contributed by atoms with E-state index in [4.69, 9.17) is 10.4 Å². The molecule has 31 heavy (non-hydrogen) atoms. The molecule has 0 unspecified atom stereocenters. The Morgan fingerprint density at radius 2 is 1.87 bits per heavy atom. The Bertz CT molecular complexity index is 1040. The second kappa shape index (κ2) is 10.2. The number of carboxylic acid groups (broad SMARTS) is 1. The molecule has 8 nitrogen and oxygen atoms in total. The molecule has 0 bridgehead atoms. The molecule has 2 aromatic rings. The molecule has 1 aromatic carbocycles. The first-order chi connectivity index (χ1) is 15.0. The Morgan fingerprint density at radius 1 is 1.13 bits per heavy atom. The number of carbonyl (C=O) groups excluding carboxylic acids is 1. The summed E-state index contributed by atoms with van der Waals surface area (Å²) in [5.41, 5.74) is 1.37. The minimum atomic E-state index is -0.874. The zero-order valence-electron chi connectivity index (χ0n) is 17.0. The summed E-state index contributed by atoms with van der Waals surface area (Å²) in [6.45, 7) is 0. The van der Waals surface area contributed by atoms with Gasteiger partial charge in [0.05, 0.1) is 17.7 Å². The highest BCUT2D eigenvalue weighted by atomic mass is 16.4. The minimum Gasteiger partial charge on any atom is -0.481 e. The van der Waals surface area contributed by atoms with Gasteiger partial charge in [0.15, 0.2) is 0 Å². The Balaban J connectivity index is 1.67. The summed E-state index contributed by atoms with van der Waals surface area (Å²) in [5.74, 6) is 4.93. The fourth-order valence-electron chi connectivity index (χ4n) is 3.63. The van der Waals surface area contributed by atoms with Crippen LogP contribution < -0.4 is 10.6 Å². The summed E-state index contributed by atoms with van der Waals surface area (Å²) in [5, 5.41) is 23.7. The van der Waals surface area contributed by atoms with E-state index in [9.17, 15) is 9.59 Å². The van der Waals surface area contributed by atoms with Crippen LogP contribution >= 0.6 is 0 Å². The highest BCUT2D eigenvalue weighted by Crippen LogP contribution is 2.36. The standard InChI is InChI=1S/C23H23N5O3/c24-16-20-25-15-12-19(27-20)23(13-4-1-5-14-23)28-22(31)26-18-10-8-17(9-11-18)6-2-3-7-21(29)30/h8-12,15H,1,3-5,7,13-14H2,(H,29,30)(H2,26,28,31). The van der Waals surface area contributed by atoms with Crippen molar-refractivity contribution in [2.45, 2.75) is 50.5 Å². The van der Waals surface area contributed by atoms with Gasteiger partial charge in [0.1, 0.15) is 6.07 Å². The van der Waals surface area contributed by atoms with Crippen LogP contribution in [-0.4, -0.2) is 27.1 Å². The van der Waals surface area contributed by atoms with Crippen molar-refractivity contribution in [1.29, 1.82) is 5.26 Å². The third-order valence-electron chi connectivity index (χ3n) is 5.15. The number of hydrogen-bond acceptors (Lipinski definition) is 5. The van der Waals surface area contributed by atoms with E-state index in [0.29, 0.717) is 11.4 Å². The number of nitrogens with one attached hydrogen (secondary N) is 2. The van der Waals surface area contributed by atoms with Crippen LogP contribution in [0.3, 0.4) is 0 Å². The number of hydrogen-bond donors (Lipinski definition) is 3. The van der Waals surface area contributed by atoms with Crippen molar-refractivity contribution in [3.8, 4) is 17.9 Å². The predicted molar refractivity (Wildman–Crippen MR) is 114 cm³/mol. The van der Waals surface area contributed by atoms with Gasteiger partial charge in [-0.15, -0.1) is 0 Å². The van der Waals surface area contributed by atoms with Crippen molar-refractivity contribution in [3.05, 3.63) is 53.6 Å². The summed E-state index contributed by atoms with van der Waals surface area (Å²) in [4.78, 5) is 31.5. The first-order valence-electron chi connectivity index (χ1n) is 10.1. The Kier molecular flexibility index (Phi) is 7.18. The molecule has 1 aliphatic rings. The lowest BCUT2D eigenvalue weighted by Crippen LogP contribution is -2.49. The summed E-state index contributed by atoms with van der Waals surface area (Å²) in [6, 6.07) is 10.4. The van der Waals surface area contributed by atoms with Crippen molar-refractivity contribution >= 4 is 17.7 Å². The van der Waals surface area contributed by atoms with E-state index < -0.39 is 11.5 Å². The molecule has 1 aromatic heterocycles. The SMILES string of the molecule is N#Cc1nccc(C2(NC(=O)Nc3ccc(C#CCCC(=O)O)cc3)CCCCC2)n1. The maximum atomic E-state index is 12.8. The lowest BCUT2D eigenvalue weighted by molar-refractivity contribution is -0.136. The van der Waals surface area contributed by atoms with E-state index in [2.05, 4.69) is 32.4 Å². The number of carbonyl (C=O) groups is 2. The molecule has 1 heterocycles. The fraction of sp³-hybridized carbons (Fsp3) is 0.348. The van der Waals surface area contributed by atoms with Gasteiger partial charge in [-0.25, -0.2) is 14.8 Å². The van der Waals surface area contributed by atoms with Gasteiger partial charge in [0, 0.05) is 23.9 Å². The van der Waals surface area contributed by atoms with Crippen LogP contribution in [0.2, 0.25) is 0 Å². The van der Waals surface area contributed by atoms with Gasteiger partial charge in [-0.05, 0) is 43.2 Å². The van der Waals surface area contributed by atoms with Crippen LogP contribution in [0.4, 0.5) is 10.5 Å². The zero-order valence-corrected chi connectivity index (χ0v) is 17.0. The average molecular weight is 417 g/mol. The largest absolute Gasteiger partial charge is 0.481 e. The first-order valence-corrected chi connectivity index (χ1v) is 10.1. The van der Waals surface area contributed by atoms with Gasteiger partial charge in [0.25, 0.3) is 0 Å². The number of anilines is 1. The number of amides is 2. The molecule has 0 saturated heterocycles. The third kappa shape index (κ3) is 6.03. The number of rotatable bonds is 5. The van der Waals surface area contributed by atoms with E-state index in [1.54, 1.807) is 36.5 Å². The Hall–Kier alpha value is -3.91. The van der Waals surface area contributed by atoms with E-state index in [1.165, 1.54) is 0 Å². The molecule has 2 amide bonds. The van der Waals surface area contributed by atoms with Gasteiger partial charge in [0.2, 0.25) is 5.82 Å². The molecule has 3 N–H and O–H groups in total. The number of carboxylic acids is 1. The summed E-state index contributed by atoms with van der Waals surface area (Å²) in [7, 11) is 0. The second-order valence-corrected chi connectivity index (χ2v) is 7.37. The zero-order chi connectivity index (χ0) is 22.1. The van der Waals surface area contributed by atoms with Gasteiger partial charge >= 0.3 is 12.0 Å². The molecular formula is C23H23N5O3. The summed E-state index contributed by atoms with van der Waals surface area (Å²) >= 11 is 0. The molecule has 0 radical (unpaired) electrons. The van der Waals surface area contributed by atoms with Crippen molar-refractivity contribution in [2.24, 2.45) is 0 Å². The van der Waals surface area contributed by atoms with Crippen molar-refractivity contribution in [2.75, 3.05) is 5.32 Å². The molecule has 1 aliphatic carbocycles. The Labute approximate surface area is 180 Å². The van der Waals surface area contributed by atoms with Gasteiger partial charge in [-0.2, -0.15) is 5.26 Å². The van der Waals surface area contributed by atoms with Gasteiger partial charge in [-0.3, -0.25) is 4.79 Å². The molecule has 3 rings (SSSR count). The smallest absolute Gasteiger partial charge is 0.319 e. The monoisotopic (exact) mass is 417 g/mol. The van der Waals surface area contributed by atoms with Crippen LogP contribution in [0.1, 0.15) is 62.0 Å². The quantitative estimate of drug-likeness (QED) is 0.638. The summed E-state index contributed by atoms with van der Waals surface area (Å²) in [6.07, 6.45) is 6.35. The number of nitriles is 1. The van der Waals surface area contributed by atoms with Crippen molar-refractivity contribution in [1.82, 2.24) is 15.3 Å². The van der Waals surface area contributed by atoms with E-state index in [-0.39, 0.29) is 24.7 Å². The summed E-state index contributed by atoms with van der Waals surface area (Å²) < 4.78 is 0. The molecule has 0 aliphatic heterocycles. The first kappa shape index (κ1) is 21.8. The maximum absolute atomic E-state index is 12.8. The second-order valence-electron chi connectivity index (χ2n) is 7.37. The number of benzene rings is 1. The van der Waals surface area contributed by atoms with Crippen molar-refractivity contribution < 1.29 is 14.7 Å². The van der Waals surface area contributed by atoms with Crippen LogP contribution in [0.25, 0.3) is 0 Å². The number of nitrogens with zero attached hydrogens (tertiary/aromatic N) is 3. The van der Waals surface area contributed by atoms with Crippen molar-refractivity contribution in [3.63, 3.8) is 0 Å². The third-order valence-corrected chi connectivity index (χ3v) is 5.15. The van der Waals surface area contributed by atoms with Gasteiger partial charge < -0.3 is 15.7 Å². The highest BCUT2D eigenvalue weighted by Gasteiger charge is 2.37. The molecule has 0 spiro atoms. The lowest BCUT2D eigenvalue weighted by Gasteiger charge is -2.37. The number of aromatic nitrogens is 2. The molecular weight excluding hydrogens is 394 g/mol. The number of aliphatic carboxylic acids is 1. The molecule has 1 fully saturated rings. The lowest BCUT2D eigenvalue weighted by atomic mass is 9.79. The maximum Gasteiger partial charge on any atom is 0.319 e. The molecule has 0 atom stereocenters. The van der Waals surface area contributed by atoms with E-state index in [1.807, 2.05) is 6.07 Å². The van der Waals surface area contributed by atoms with Crippen LogP contribution in [0.5, 0.6) is 0 Å². The number of urea groups is 1. The van der Waals surface area contributed by atoms with Crippen LogP contribution in [-0.2, 0) is 10.3 Å².